The van der Waals surface area contributed by atoms with Gasteiger partial charge in [-0.1, -0.05) is 27.7 Å². The van der Waals surface area contributed by atoms with Gasteiger partial charge in [0.05, 0.1) is 6.10 Å². The summed E-state index contributed by atoms with van der Waals surface area (Å²) >= 11 is 0. The van der Waals surface area contributed by atoms with Gasteiger partial charge in [0, 0.05) is 37.4 Å². The first-order valence-electron chi connectivity index (χ1n) is 9.77. The van der Waals surface area contributed by atoms with E-state index in [0.717, 1.165) is 30.7 Å². The molecule has 0 N–H and O–H groups in total. The fourth-order valence-electron chi connectivity index (χ4n) is 4.54. The minimum atomic E-state index is -0.0499. The third-order valence-electron chi connectivity index (χ3n) is 6.69. The molecule has 3 rings (SSSR count). The zero-order valence-corrected chi connectivity index (χ0v) is 17.3. The highest BCUT2D eigenvalue weighted by molar-refractivity contribution is 6.00. The lowest BCUT2D eigenvalue weighted by Gasteiger charge is -2.49. The number of likely N-dealkylation sites (N-methyl/N-ethyl adjacent to an activating group) is 1. The number of methoxy groups -OCH3 is 1. The van der Waals surface area contributed by atoms with Gasteiger partial charge < -0.3 is 14.4 Å². The molecule has 26 heavy (non-hydrogen) atoms. The van der Waals surface area contributed by atoms with E-state index < -0.39 is 0 Å². The van der Waals surface area contributed by atoms with E-state index in [0.29, 0.717) is 11.8 Å². The molecular weight excluding hydrogens is 326 g/mol. The van der Waals surface area contributed by atoms with Crippen LogP contribution in [-0.4, -0.2) is 43.8 Å². The summed E-state index contributed by atoms with van der Waals surface area (Å²) in [6, 6.07) is 0. The smallest absolute Gasteiger partial charge is 0.254 e. The van der Waals surface area contributed by atoms with Crippen molar-refractivity contribution in [1.82, 2.24) is 4.90 Å². The van der Waals surface area contributed by atoms with Crippen LogP contribution >= 0.6 is 0 Å². The number of rotatable bonds is 5. The molecule has 0 aromatic heterocycles. The minimum Gasteiger partial charge on any atom is -0.375 e. The molecule has 0 aromatic rings. The van der Waals surface area contributed by atoms with Crippen molar-refractivity contribution in [3.8, 4) is 0 Å². The molecule has 1 heterocycles. The predicted molar refractivity (Wildman–Crippen MR) is 104 cm³/mol. The highest BCUT2D eigenvalue weighted by Crippen LogP contribution is 2.54. The Hall–Kier alpha value is -1.39. The number of hydrogen-bond acceptors (Lipinski definition) is 3. The van der Waals surface area contributed by atoms with Gasteiger partial charge >= 0.3 is 0 Å². The lowest BCUT2D eigenvalue weighted by Crippen LogP contribution is -2.49. The first-order chi connectivity index (χ1) is 12.2. The summed E-state index contributed by atoms with van der Waals surface area (Å²) in [4.78, 5) is 14.2. The van der Waals surface area contributed by atoms with Crippen molar-refractivity contribution < 1.29 is 14.3 Å². The number of allylic oxidation sites excluding steroid dienone is 3. The van der Waals surface area contributed by atoms with Crippen molar-refractivity contribution >= 4 is 5.91 Å². The molecule has 0 spiro atoms. The Balaban J connectivity index is 1.96. The molecular formula is C22H33NO3. The normalized spacial score (nSPS) is 34.1. The molecule has 0 radical (unpaired) electrons. The molecule has 3 aliphatic rings. The summed E-state index contributed by atoms with van der Waals surface area (Å²) < 4.78 is 12.1. The maximum Gasteiger partial charge on any atom is 0.254 e. The number of hydrogen-bond donors (Lipinski definition) is 0. The molecule has 1 aliphatic heterocycles. The molecule has 4 heteroatoms. The molecule has 0 aromatic carbocycles. The monoisotopic (exact) mass is 359 g/mol. The molecule has 0 saturated heterocycles. The standard InChI is InChI=1S/C22H33NO3/c1-13(2)8-9-26-20-15(4)22(5)12-17-14(3)21(24)23(6)18(17)10-16(22)11-19(20)25-7/h10-11,13,15,19-20H,8-9,12H2,1-7H3/t15-,19+,20+,22+/m0/s1. The summed E-state index contributed by atoms with van der Waals surface area (Å²) in [5.41, 5.74) is 4.37. The Morgan fingerprint density at radius 1 is 1.38 bits per heavy atom. The second-order valence-electron chi connectivity index (χ2n) is 8.72. The number of ether oxygens (including phenoxy) is 2. The Labute approximate surface area is 157 Å². The largest absolute Gasteiger partial charge is 0.375 e. The van der Waals surface area contributed by atoms with Gasteiger partial charge in [-0.15, -0.1) is 0 Å². The van der Waals surface area contributed by atoms with Crippen LogP contribution in [0.1, 0.15) is 47.5 Å². The van der Waals surface area contributed by atoms with Gasteiger partial charge in [0.1, 0.15) is 6.10 Å². The number of amides is 1. The first kappa shape index (κ1) is 19.4. The summed E-state index contributed by atoms with van der Waals surface area (Å²) in [5.74, 6) is 1.05. The van der Waals surface area contributed by atoms with Crippen LogP contribution in [-0.2, 0) is 14.3 Å². The van der Waals surface area contributed by atoms with Crippen LogP contribution in [0.4, 0.5) is 0 Å². The van der Waals surface area contributed by atoms with Crippen molar-refractivity contribution in [1.29, 1.82) is 0 Å². The Morgan fingerprint density at radius 3 is 2.69 bits per heavy atom. The van der Waals surface area contributed by atoms with E-state index in [-0.39, 0.29) is 23.5 Å². The van der Waals surface area contributed by atoms with E-state index in [1.54, 1.807) is 12.0 Å². The molecule has 0 bridgehead atoms. The maximum absolute atomic E-state index is 12.4. The van der Waals surface area contributed by atoms with Crippen molar-refractivity contribution in [2.24, 2.45) is 17.3 Å². The van der Waals surface area contributed by atoms with Gasteiger partial charge in [-0.05, 0) is 54.9 Å². The molecule has 144 valence electrons. The summed E-state index contributed by atoms with van der Waals surface area (Å²) in [5, 5.41) is 0. The van der Waals surface area contributed by atoms with E-state index in [9.17, 15) is 4.79 Å². The van der Waals surface area contributed by atoms with Crippen LogP contribution < -0.4 is 0 Å². The van der Waals surface area contributed by atoms with Crippen LogP contribution in [0.3, 0.4) is 0 Å². The quantitative estimate of drug-likeness (QED) is 0.742. The third kappa shape index (κ3) is 2.97. The second kappa shape index (κ2) is 6.97. The van der Waals surface area contributed by atoms with Crippen molar-refractivity contribution in [3.05, 3.63) is 34.6 Å². The van der Waals surface area contributed by atoms with Gasteiger partial charge in [0.15, 0.2) is 0 Å². The van der Waals surface area contributed by atoms with Crippen molar-refractivity contribution in [3.63, 3.8) is 0 Å². The molecule has 1 amide bonds. The van der Waals surface area contributed by atoms with Crippen LogP contribution in [0.5, 0.6) is 0 Å². The average molecular weight is 360 g/mol. The van der Waals surface area contributed by atoms with Gasteiger partial charge in [0.2, 0.25) is 0 Å². The van der Waals surface area contributed by atoms with E-state index >= 15 is 0 Å². The number of carbonyl (C=O) groups excluding carboxylic acids is 1. The lowest BCUT2D eigenvalue weighted by molar-refractivity contribution is -0.123. The zero-order valence-electron chi connectivity index (χ0n) is 17.3. The second-order valence-corrected chi connectivity index (χ2v) is 8.72. The Bertz CT molecular complexity index is 688. The molecule has 4 nitrogen and oxygen atoms in total. The van der Waals surface area contributed by atoms with E-state index in [4.69, 9.17) is 9.47 Å². The third-order valence-corrected chi connectivity index (χ3v) is 6.69. The molecule has 0 fully saturated rings. The van der Waals surface area contributed by atoms with Crippen LogP contribution in [0.15, 0.2) is 34.6 Å². The summed E-state index contributed by atoms with van der Waals surface area (Å²) in [7, 11) is 3.62. The van der Waals surface area contributed by atoms with Gasteiger partial charge in [-0.3, -0.25) is 4.79 Å². The number of carbonyl (C=O) groups is 1. The van der Waals surface area contributed by atoms with Gasteiger partial charge in [-0.25, -0.2) is 0 Å². The fourth-order valence-corrected chi connectivity index (χ4v) is 4.54. The fraction of sp³-hybridized carbons (Fsp3) is 0.682. The predicted octanol–water partition coefficient (Wildman–Crippen LogP) is 4.09. The topological polar surface area (TPSA) is 38.8 Å². The summed E-state index contributed by atoms with van der Waals surface area (Å²) in [6.45, 7) is 11.7. The Kier molecular flexibility index (Phi) is 5.19. The van der Waals surface area contributed by atoms with Gasteiger partial charge in [-0.2, -0.15) is 0 Å². The zero-order chi connectivity index (χ0) is 19.2. The van der Waals surface area contributed by atoms with Crippen molar-refractivity contribution in [2.45, 2.75) is 59.7 Å². The molecule has 0 unspecified atom stereocenters. The number of fused-ring (bicyclic) bond motifs is 2. The highest BCUT2D eigenvalue weighted by Gasteiger charge is 2.50. The highest BCUT2D eigenvalue weighted by atomic mass is 16.5. The lowest BCUT2D eigenvalue weighted by atomic mass is 9.59. The van der Waals surface area contributed by atoms with Crippen molar-refractivity contribution in [2.75, 3.05) is 20.8 Å². The van der Waals surface area contributed by atoms with E-state index in [2.05, 4.69) is 39.8 Å². The SMILES string of the molecule is CO[C@@H]1C=C2C=C3C(=C(C)C(=O)N3C)C[C@]2(C)[C@@H](C)[C@H]1OCCC(C)C. The molecule has 0 saturated carbocycles. The first-order valence-corrected chi connectivity index (χ1v) is 9.77. The molecule has 4 atom stereocenters. The van der Waals surface area contributed by atoms with Crippen LogP contribution in [0.2, 0.25) is 0 Å². The molecule has 2 aliphatic carbocycles. The van der Waals surface area contributed by atoms with E-state index in [1.165, 1.54) is 11.1 Å². The maximum atomic E-state index is 12.4. The van der Waals surface area contributed by atoms with Gasteiger partial charge in [0.25, 0.3) is 5.91 Å². The Morgan fingerprint density at radius 2 is 2.08 bits per heavy atom. The number of nitrogens with zero attached hydrogens (tertiary/aromatic N) is 1. The van der Waals surface area contributed by atoms with E-state index in [1.807, 2.05) is 14.0 Å². The van der Waals surface area contributed by atoms with Crippen LogP contribution in [0.25, 0.3) is 0 Å². The minimum absolute atomic E-state index is 0.0386. The average Bonchev–Trinajstić information content (AvgIpc) is 2.79. The summed E-state index contributed by atoms with van der Waals surface area (Å²) in [6.07, 6.45) is 6.34. The van der Waals surface area contributed by atoms with Crippen LogP contribution in [0, 0.1) is 17.3 Å².